The minimum atomic E-state index is -0.0438. The predicted molar refractivity (Wildman–Crippen MR) is 100.0 cm³/mol. The molecular formula is C21H25N3O3. The number of furan rings is 1. The Kier molecular flexibility index (Phi) is 4.29. The molecule has 0 aromatic carbocycles. The van der Waals surface area contributed by atoms with Gasteiger partial charge in [-0.05, 0) is 44.9 Å². The molecule has 27 heavy (non-hydrogen) atoms. The summed E-state index contributed by atoms with van der Waals surface area (Å²) in [5, 5.41) is 0. The molecule has 2 aromatic rings. The summed E-state index contributed by atoms with van der Waals surface area (Å²) in [6.45, 7) is 5.55. The summed E-state index contributed by atoms with van der Waals surface area (Å²) in [5.41, 5.74) is 1.48. The summed E-state index contributed by atoms with van der Waals surface area (Å²) in [6.07, 6.45) is 3.50. The van der Waals surface area contributed by atoms with Crippen molar-refractivity contribution in [2.45, 2.75) is 33.2 Å². The number of pyridine rings is 1. The van der Waals surface area contributed by atoms with Crippen molar-refractivity contribution < 1.29 is 14.0 Å². The van der Waals surface area contributed by atoms with E-state index in [4.69, 9.17) is 4.42 Å². The lowest BCUT2D eigenvalue weighted by Crippen LogP contribution is -2.32. The molecule has 2 aliphatic rings. The molecule has 0 radical (unpaired) electrons. The van der Waals surface area contributed by atoms with E-state index in [1.54, 1.807) is 17.2 Å². The molecule has 6 nitrogen and oxygen atoms in total. The van der Waals surface area contributed by atoms with E-state index in [9.17, 15) is 9.59 Å². The molecule has 142 valence electrons. The zero-order valence-electron chi connectivity index (χ0n) is 16.1. The number of carbonyl (C=O) groups excluding carboxylic acids is 2. The van der Waals surface area contributed by atoms with Gasteiger partial charge in [0.2, 0.25) is 5.91 Å². The maximum atomic E-state index is 12.9. The van der Waals surface area contributed by atoms with Gasteiger partial charge in [-0.2, -0.15) is 0 Å². The Morgan fingerprint density at radius 1 is 1.37 bits per heavy atom. The van der Waals surface area contributed by atoms with Crippen molar-refractivity contribution in [3.63, 3.8) is 0 Å². The maximum absolute atomic E-state index is 12.9. The van der Waals surface area contributed by atoms with E-state index >= 15 is 0 Å². The van der Waals surface area contributed by atoms with Gasteiger partial charge < -0.3 is 14.2 Å². The number of carbonyl (C=O) groups is 2. The lowest BCUT2D eigenvalue weighted by molar-refractivity contribution is -0.132. The highest BCUT2D eigenvalue weighted by molar-refractivity contribution is 5.95. The van der Waals surface area contributed by atoms with Crippen LogP contribution < -0.4 is 0 Å². The first-order chi connectivity index (χ1) is 12.9. The van der Waals surface area contributed by atoms with E-state index in [-0.39, 0.29) is 23.1 Å². The second-order valence-corrected chi connectivity index (χ2v) is 7.94. The van der Waals surface area contributed by atoms with Crippen LogP contribution in [-0.4, -0.2) is 46.7 Å². The first kappa shape index (κ1) is 17.8. The van der Waals surface area contributed by atoms with Crippen LogP contribution in [-0.2, 0) is 11.3 Å². The molecule has 1 saturated heterocycles. The van der Waals surface area contributed by atoms with Crippen LogP contribution in [0.3, 0.4) is 0 Å². The van der Waals surface area contributed by atoms with Crippen LogP contribution in [0.5, 0.6) is 0 Å². The largest absolute Gasteiger partial charge is 0.466 e. The van der Waals surface area contributed by atoms with Crippen LogP contribution >= 0.6 is 0 Å². The van der Waals surface area contributed by atoms with E-state index in [0.717, 1.165) is 24.3 Å². The molecule has 2 aromatic heterocycles. The predicted octanol–water partition coefficient (Wildman–Crippen LogP) is 2.80. The van der Waals surface area contributed by atoms with Crippen LogP contribution in [0.25, 0.3) is 0 Å². The number of hydrogen-bond acceptors (Lipinski definition) is 4. The average Bonchev–Trinajstić information content (AvgIpc) is 2.99. The third kappa shape index (κ3) is 3.24. The van der Waals surface area contributed by atoms with Crippen LogP contribution in [0.15, 0.2) is 34.9 Å². The Hall–Kier alpha value is -2.63. The van der Waals surface area contributed by atoms with Gasteiger partial charge in [0, 0.05) is 37.7 Å². The third-order valence-electron chi connectivity index (χ3n) is 5.93. The molecule has 1 spiro atoms. The van der Waals surface area contributed by atoms with E-state index < -0.39 is 0 Å². The van der Waals surface area contributed by atoms with Crippen molar-refractivity contribution in [1.82, 2.24) is 14.8 Å². The number of aryl methyl sites for hydroxylation is 2. The molecule has 1 aliphatic carbocycles. The van der Waals surface area contributed by atoms with Gasteiger partial charge in [-0.25, -0.2) is 0 Å². The van der Waals surface area contributed by atoms with Gasteiger partial charge in [0.1, 0.15) is 11.5 Å². The quantitative estimate of drug-likeness (QED) is 0.833. The summed E-state index contributed by atoms with van der Waals surface area (Å²) in [5.74, 6) is 1.60. The van der Waals surface area contributed by atoms with Gasteiger partial charge >= 0.3 is 0 Å². The van der Waals surface area contributed by atoms with Crippen LogP contribution in [0.2, 0.25) is 0 Å². The molecule has 2 amide bonds. The molecule has 1 aliphatic heterocycles. The maximum Gasteiger partial charge on any atom is 0.257 e. The SMILES string of the molecule is Cc1cc(C(=O)N2CC[C@@]3(C[C@H]3C(=O)N(C)Cc3ccccn3)C2)c(C)o1. The number of likely N-dealkylation sites (tertiary alicyclic amines) is 1. The van der Waals surface area contributed by atoms with E-state index in [1.165, 1.54) is 0 Å². The van der Waals surface area contributed by atoms with Crippen molar-refractivity contribution in [2.75, 3.05) is 20.1 Å². The molecule has 0 N–H and O–H groups in total. The van der Waals surface area contributed by atoms with Gasteiger partial charge in [-0.3, -0.25) is 14.6 Å². The number of aromatic nitrogens is 1. The van der Waals surface area contributed by atoms with Gasteiger partial charge in [-0.15, -0.1) is 0 Å². The first-order valence-corrected chi connectivity index (χ1v) is 9.41. The molecule has 3 heterocycles. The summed E-state index contributed by atoms with van der Waals surface area (Å²) in [7, 11) is 1.83. The molecule has 2 fully saturated rings. The highest BCUT2D eigenvalue weighted by Crippen LogP contribution is 2.59. The van der Waals surface area contributed by atoms with Crippen molar-refractivity contribution in [3.05, 3.63) is 53.2 Å². The van der Waals surface area contributed by atoms with Gasteiger partial charge in [0.15, 0.2) is 0 Å². The Morgan fingerprint density at radius 2 is 2.19 bits per heavy atom. The van der Waals surface area contributed by atoms with Crippen LogP contribution in [0.4, 0.5) is 0 Å². The third-order valence-corrected chi connectivity index (χ3v) is 5.93. The molecule has 0 bridgehead atoms. The summed E-state index contributed by atoms with van der Waals surface area (Å²) >= 11 is 0. The Bertz CT molecular complexity index is 876. The highest BCUT2D eigenvalue weighted by Gasteiger charge is 2.62. The minimum Gasteiger partial charge on any atom is -0.466 e. The number of rotatable bonds is 4. The zero-order chi connectivity index (χ0) is 19.2. The molecule has 6 heteroatoms. The fourth-order valence-corrected chi connectivity index (χ4v) is 4.31. The minimum absolute atomic E-state index is 0.0104. The lowest BCUT2D eigenvalue weighted by atomic mass is 10.0. The zero-order valence-corrected chi connectivity index (χ0v) is 16.1. The number of nitrogens with zero attached hydrogens (tertiary/aromatic N) is 3. The average molecular weight is 367 g/mol. The van der Waals surface area contributed by atoms with E-state index in [2.05, 4.69) is 4.98 Å². The first-order valence-electron chi connectivity index (χ1n) is 9.41. The molecular weight excluding hydrogens is 342 g/mol. The number of hydrogen-bond donors (Lipinski definition) is 0. The molecule has 2 atom stereocenters. The Morgan fingerprint density at radius 3 is 2.85 bits per heavy atom. The topological polar surface area (TPSA) is 66.7 Å². The van der Waals surface area contributed by atoms with Crippen molar-refractivity contribution >= 4 is 11.8 Å². The summed E-state index contributed by atoms with van der Waals surface area (Å²) in [6, 6.07) is 7.53. The van der Waals surface area contributed by atoms with Crippen molar-refractivity contribution in [3.8, 4) is 0 Å². The van der Waals surface area contributed by atoms with Gasteiger partial charge in [0.25, 0.3) is 5.91 Å². The summed E-state index contributed by atoms with van der Waals surface area (Å²) in [4.78, 5) is 33.6. The highest BCUT2D eigenvalue weighted by atomic mass is 16.3. The van der Waals surface area contributed by atoms with E-state index in [0.29, 0.717) is 31.0 Å². The smallest absolute Gasteiger partial charge is 0.257 e. The van der Waals surface area contributed by atoms with Crippen molar-refractivity contribution in [2.24, 2.45) is 11.3 Å². The summed E-state index contributed by atoms with van der Waals surface area (Å²) < 4.78 is 5.50. The number of amides is 2. The fraction of sp³-hybridized carbons (Fsp3) is 0.476. The second kappa shape index (κ2) is 6.51. The fourth-order valence-electron chi connectivity index (χ4n) is 4.31. The Labute approximate surface area is 159 Å². The lowest BCUT2D eigenvalue weighted by Gasteiger charge is -2.19. The monoisotopic (exact) mass is 367 g/mol. The molecule has 1 saturated carbocycles. The molecule has 4 rings (SSSR count). The van der Waals surface area contributed by atoms with Crippen molar-refractivity contribution in [1.29, 1.82) is 0 Å². The Balaban J connectivity index is 1.38. The van der Waals surface area contributed by atoms with Gasteiger partial charge in [-0.1, -0.05) is 6.07 Å². The molecule has 0 unspecified atom stereocenters. The normalized spacial score (nSPS) is 23.7. The van der Waals surface area contributed by atoms with E-state index in [1.807, 2.05) is 44.0 Å². The van der Waals surface area contributed by atoms with Crippen LogP contribution in [0, 0.1) is 25.2 Å². The standard InChI is InChI=1S/C21H25N3O3/c1-14-10-17(15(2)27-14)19(25)24-9-7-21(13-24)11-18(21)20(26)23(3)12-16-6-4-5-8-22-16/h4-6,8,10,18H,7,9,11-13H2,1-3H3/t18-,21+/m0/s1. The van der Waals surface area contributed by atoms with Crippen LogP contribution in [0.1, 0.15) is 40.4 Å². The van der Waals surface area contributed by atoms with Gasteiger partial charge in [0.05, 0.1) is 17.8 Å². The second-order valence-electron chi connectivity index (χ2n) is 7.94.